The van der Waals surface area contributed by atoms with Crippen molar-refractivity contribution in [2.75, 3.05) is 13.7 Å². The number of carbonyl (C=O) groups excluding carboxylic acids is 4. The van der Waals surface area contributed by atoms with E-state index in [9.17, 15) is 44.7 Å². The molecule has 3 saturated carbocycles. The summed E-state index contributed by atoms with van der Waals surface area (Å²) in [6.45, 7) is 12.8. The second-order valence-electron chi connectivity index (χ2n) is 22.8. The summed E-state index contributed by atoms with van der Waals surface area (Å²) in [5.41, 5.74) is -2.04. The number of amides is 1. The Morgan fingerprint density at radius 2 is 1.71 bits per heavy atom. The number of carbonyl (C=O) groups is 4. The quantitative estimate of drug-likeness (QED) is 0.0747. The fourth-order valence-electron chi connectivity index (χ4n) is 14.9. The Balaban J connectivity index is 0.886. The Hall–Kier alpha value is -4.34. The fourth-order valence-corrected chi connectivity index (χ4v) is 14.9. The van der Waals surface area contributed by atoms with Crippen molar-refractivity contribution in [3.05, 3.63) is 63.2 Å². The molecule has 1 amide bonds. The van der Waals surface area contributed by atoms with E-state index in [-0.39, 0.29) is 45.9 Å². The number of ketones is 3. The summed E-state index contributed by atoms with van der Waals surface area (Å²) in [6, 6.07) is 3.45. The molecule has 1 heterocycles. The molecular weight excluding hydrogens is 883 g/mol. The second-order valence-corrected chi connectivity index (χ2v) is 22.8. The van der Waals surface area contributed by atoms with Crippen LogP contribution in [-0.2, 0) is 25.4 Å². The number of hydrogen-bond acceptors (Lipinski definition) is 13. The minimum atomic E-state index is -2.33. The molecule has 14 unspecified atom stereocenters. The molecule has 1 aliphatic heterocycles. The molecular formula is C55H73NO13. The lowest BCUT2D eigenvalue weighted by Gasteiger charge is -2.58. The van der Waals surface area contributed by atoms with Crippen LogP contribution in [0.5, 0.6) is 17.2 Å². The van der Waals surface area contributed by atoms with Crippen LogP contribution in [0.4, 0.5) is 4.79 Å². The summed E-state index contributed by atoms with van der Waals surface area (Å²) < 4.78 is 23.9. The molecule has 14 heteroatoms. The number of aliphatic hydroxyl groups is 3. The summed E-state index contributed by atoms with van der Waals surface area (Å²) in [5.74, 6) is 0.407. The molecule has 69 heavy (non-hydrogen) atoms. The number of phenols is 2. The van der Waals surface area contributed by atoms with E-state index < -0.39 is 102 Å². The minimum Gasteiger partial charge on any atom is -0.507 e. The number of ether oxygens (including phenoxy) is 4. The van der Waals surface area contributed by atoms with Crippen LogP contribution in [0, 0.1) is 46.3 Å². The predicted octanol–water partition coefficient (Wildman–Crippen LogP) is 8.18. The first-order chi connectivity index (χ1) is 32.7. The highest BCUT2D eigenvalue weighted by Gasteiger charge is 2.59. The van der Waals surface area contributed by atoms with Gasteiger partial charge >= 0.3 is 6.09 Å². The molecule has 6 N–H and O–H groups in total. The number of rotatable bonds is 12. The van der Waals surface area contributed by atoms with Crippen molar-refractivity contribution >= 4 is 23.4 Å². The van der Waals surface area contributed by atoms with E-state index in [4.69, 9.17) is 18.9 Å². The Kier molecular flexibility index (Phi) is 13.4. The van der Waals surface area contributed by atoms with E-state index >= 15 is 0 Å². The molecule has 4 fully saturated rings. The first kappa shape index (κ1) is 49.6. The van der Waals surface area contributed by atoms with Crippen LogP contribution in [0.2, 0.25) is 0 Å². The third-order valence-corrected chi connectivity index (χ3v) is 18.6. The van der Waals surface area contributed by atoms with Crippen molar-refractivity contribution in [3.63, 3.8) is 0 Å². The van der Waals surface area contributed by atoms with E-state index in [0.29, 0.717) is 23.7 Å². The van der Waals surface area contributed by atoms with Gasteiger partial charge < -0.3 is 49.8 Å². The third-order valence-electron chi connectivity index (χ3n) is 18.6. The lowest BCUT2D eigenvalue weighted by molar-refractivity contribution is -0.249. The van der Waals surface area contributed by atoms with Gasteiger partial charge in [0.1, 0.15) is 41.7 Å². The van der Waals surface area contributed by atoms with Gasteiger partial charge in [0.15, 0.2) is 17.9 Å². The largest absolute Gasteiger partial charge is 0.507 e. The maximum absolute atomic E-state index is 14.1. The molecule has 6 aliphatic carbocycles. The van der Waals surface area contributed by atoms with Gasteiger partial charge in [-0.3, -0.25) is 14.4 Å². The number of methoxy groups -OCH3 is 1. The Morgan fingerprint density at radius 3 is 2.43 bits per heavy atom. The van der Waals surface area contributed by atoms with E-state index in [1.807, 2.05) is 0 Å². The molecule has 2 aromatic carbocycles. The number of aromatic hydroxyl groups is 2. The molecule has 14 atom stereocenters. The van der Waals surface area contributed by atoms with Crippen LogP contribution in [0.25, 0.3) is 0 Å². The van der Waals surface area contributed by atoms with Gasteiger partial charge in [0, 0.05) is 42.4 Å². The van der Waals surface area contributed by atoms with Crippen molar-refractivity contribution in [1.29, 1.82) is 0 Å². The average Bonchev–Trinajstić information content (AvgIpc) is 3.67. The Labute approximate surface area is 405 Å². The van der Waals surface area contributed by atoms with Gasteiger partial charge in [-0.15, -0.1) is 0 Å². The van der Waals surface area contributed by atoms with Gasteiger partial charge in [-0.25, -0.2) is 4.79 Å². The molecule has 9 rings (SSSR count). The van der Waals surface area contributed by atoms with Crippen LogP contribution >= 0.6 is 0 Å². The summed E-state index contributed by atoms with van der Waals surface area (Å²) in [4.78, 5) is 54.9. The highest BCUT2D eigenvalue weighted by atomic mass is 16.7. The molecule has 14 nitrogen and oxygen atoms in total. The third kappa shape index (κ3) is 8.41. The zero-order chi connectivity index (χ0) is 49.5. The SMILES string of the molecule is COc1cccc2c1C(=O)c1c(O)c3c(c(O)c1C2=O)CC(O)(C(=O)CO)CC3OC1CC(NC(=O)OC2CCC3(C)C(=CCC4C3CCC3(C)C(C(C)CCCC(C)C)CCC43)C2)C(O)C(C)O1. The highest BCUT2D eigenvalue weighted by Crippen LogP contribution is 2.67. The van der Waals surface area contributed by atoms with Crippen LogP contribution in [0.15, 0.2) is 29.8 Å². The number of hydrogen-bond donors (Lipinski definition) is 6. The zero-order valence-electron chi connectivity index (χ0n) is 41.3. The number of alkyl carbamates (subject to hydrolysis) is 1. The van der Waals surface area contributed by atoms with Crippen LogP contribution in [0.1, 0.15) is 174 Å². The van der Waals surface area contributed by atoms with Crippen molar-refractivity contribution < 1.29 is 63.7 Å². The molecule has 1 saturated heterocycles. The number of benzene rings is 2. The number of fused-ring (bicyclic) bond motifs is 8. The number of phenolic OH excluding ortho intramolecular Hbond substituents is 2. The average molecular weight is 956 g/mol. The lowest BCUT2D eigenvalue weighted by Crippen LogP contribution is -2.56. The first-order valence-electron chi connectivity index (χ1n) is 25.6. The number of nitrogens with one attached hydrogen (secondary N) is 1. The molecule has 7 aliphatic rings. The van der Waals surface area contributed by atoms with Crippen molar-refractivity contribution in [2.45, 2.75) is 174 Å². The fraction of sp³-hybridized carbons (Fsp3) is 0.673. The van der Waals surface area contributed by atoms with E-state index in [0.717, 1.165) is 42.9 Å². The van der Waals surface area contributed by atoms with Gasteiger partial charge in [-0.2, -0.15) is 0 Å². The zero-order valence-corrected chi connectivity index (χ0v) is 41.3. The minimum absolute atomic E-state index is 0.0643. The molecule has 0 radical (unpaired) electrons. The summed E-state index contributed by atoms with van der Waals surface area (Å²) in [7, 11) is 1.33. The van der Waals surface area contributed by atoms with Gasteiger partial charge in [0.05, 0.1) is 42.0 Å². The number of allylic oxidation sites excluding steroid dienone is 1. The van der Waals surface area contributed by atoms with E-state index in [2.05, 4.69) is 46.0 Å². The number of aliphatic hydroxyl groups excluding tert-OH is 2. The van der Waals surface area contributed by atoms with Crippen LogP contribution < -0.4 is 10.1 Å². The van der Waals surface area contributed by atoms with E-state index in [1.54, 1.807) is 6.92 Å². The maximum Gasteiger partial charge on any atom is 0.407 e. The van der Waals surface area contributed by atoms with Gasteiger partial charge in [-0.05, 0) is 104 Å². The van der Waals surface area contributed by atoms with Gasteiger partial charge in [0.2, 0.25) is 5.78 Å². The summed E-state index contributed by atoms with van der Waals surface area (Å²) >= 11 is 0. The van der Waals surface area contributed by atoms with Crippen LogP contribution in [0.3, 0.4) is 0 Å². The van der Waals surface area contributed by atoms with Crippen LogP contribution in [-0.4, -0.2) is 98.9 Å². The maximum atomic E-state index is 14.1. The van der Waals surface area contributed by atoms with Crippen molar-refractivity contribution in [2.24, 2.45) is 46.3 Å². The predicted molar refractivity (Wildman–Crippen MR) is 254 cm³/mol. The molecule has 0 spiro atoms. The standard InChI is InChI=1S/C55H73NO13/c1-27(2)10-8-11-28(3)35-16-17-36-32-15-14-30-22-31(18-20-53(30,5)37(32)19-21-54(35,36)6)68-52(64)56-38-23-42(67-29(4)47(38)59)69-40-25-55(65,41(58)26-57)24-34-44(40)51(63)46-45(49(34)61)48(60)33-12-9-13-39(66-7)43(33)50(46)62/h9,12-14,27-29,31-32,35-38,40,42,47,57,59,61,63,65H,8,10-11,15-26H2,1-7H3,(H,56,64). The van der Waals surface area contributed by atoms with Gasteiger partial charge in [-0.1, -0.05) is 77.7 Å². The highest BCUT2D eigenvalue weighted by molar-refractivity contribution is 6.31. The lowest BCUT2D eigenvalue weighted by atomic mass is 9.47. The van der Waals surface area contributed by atoms with Crippen molar-refractivity contribution in [1.82, 2.24) is 5.32 Å². The van der Waals surface area contributed by atoms with Gasteiger partial charge in [0.25, 0.3) is 0 Å². The van der Waals surface area contributed by atoms with Crippen molar-refractivity contribution in [3.8, 4) is 17.2 Å². The number of Topliss-reactive ketones (excluding diaryl/α,β-unsaturated/α-hetero) is 1. The smallest absolute Gasteiger partial charge is 0.407 e. The molecule has 376 valence electrons. The summed E-state index contributed by atoms with van der Waals surface area (Å²) in [6.07, 6.45) is 7.91. The normalized spacial score (nSPS) is 36.2. The summed E-state index contributed by atoms with van der Waals surface area (Å²) in [5, 5.41) is 59.5. The Morgan fingerprint density at radius 1 is 0.957 bits per heavy atom. The monoisotopic (exact) mass is 956 g/mol. The molecule has 0 aromatic heterocycles. The topological polar surface area (TPSA) is 218 Å². The first-order valence-corrected chi connectivity index (χ1v) is 25.6. The second kappa shape index (κ2) is 18.7. The molecule has 2 aromatic rings. The molecule has 0 bridgehead atoms. The van der Waals surface area contributed by atoms with E-state index in [1.165, 1.54) is 75.8 Å². The Bertz CT molecular complexity index is 2410.